The number of likely N-dealkylation sites (tertiary alicyclic amines) is 1. The Hall–Kier alpha value is -0.340. The fourth-order valence-corrected chi connectivity index (χ4v) is 4.52. The van der Waals surface area contributed by atoms with Gasteiger partial charge in [0, 0.05) is 31.1 Å². The molecule has 2 rings (SSSR count). The van der Waals surface area contributed by atoms with Gasteiger partial charge < -0.3 is 10.6 Å². The molecular weight excluding hydrogens is 395 g/mol. The minimum Gasteiger partial charge on any atom is -0.356 e. The highest BCUT2D eigenvalue weighted by Gasteiger charge is 2.22. The van der Waals surface area contributed by atoms with Crippen LogP contribution in [0.5, 0.6) is 0 Å². The van der Waals surface area contributed by atoms with Crippen molar-refractivity contribution in [3.8, 4) is 0 Å². The maximum absolute atomic E-state index is 4.31. The summed E-state index contributed by atoms with van der Waals surface area (Å²) in [5.41, 5.74) is 0. The van der Waals surface area contributed by atoms with E-state index in [2.05, 4.69) is 62.2 Å². The molecule has 1 aliphatic rings. The average molecular weight is 420 g/mol. The molecule has 0 radical (unpaired) electrons. The number of guanidine groups is 1. The van der Waals surface area contributed by atoms with E-state index in [0.29, 0.717) is 6.04 Å². The Bertz CT molecular complexity index is 460. The number of thiophene rings is 1. The summed E-state index contributed by atoms with van der Waals surface area (Å²) in [6.07, 6.45) is 3.67. The van der Waals surface area contributed by atoms with Crippen LogP contribution in [-0.2, 0) is 6.42 Å². The average Bonchev–Trinajstić information content (AvgIpc) is 3.11. The fraction of sp³-hybridized carbons (Fsp3) is 0.667. The molecule has 4 nitrogen and oxygen atoms in total. The molecule has 0 bridgehead atoms. The molecule has 1 aromatic heterocycles. The second-order valence-electron chi connectivity index (χ2n) is 5.26. The standard InChI is InChI=1S/C15H25IN4S/c1-3-20-10-4-5-12(20)11-19-15(17-2)18-9-8-13-6-7-14(16)21-13/h6-7,12H,3-5,8-11H2,1-2H3,(H2,17,18,19). The summed E-state index contributed by atoms with van der Waals surface area (Å²) >= 11 is 4.23. The zero-order valence-electron chi connectivity index (χ0n) is 12.9. The smallest absolute Gasteiger partial charge is 0.191 e. The highest BCUT2D eigenvalue weighted by atomic mass is 127. The Balaban J connectivity index is 1.68. The molecule has 1 atom stereocenters. The van der Waals surface area contributed by atoms with Crippen molar-refractivity contribution in [1.82, 2.24) is 15.5 Å². The van der Waals surface area contributed by atoms with Gasteiger partial charge in [-0.05, 0) is 67.1 Å². The van der Waals surface area contributed by atoms with E-state index >= 15 is 0 Å². The number of rotatable bonds is 6. The molecule has 2 N–H and O–H groups in total. The number of likely N-dealkylation sites (N-methyl/N-ethyl adjacent to an activating group) is 1. The van der Waals surface area contributed by atoms with Crippen LogP contribution in [0.1, 0.15) is 24.6 Å². The van der Waals surface area contributed by atoms with Crippen LogP contribution in [-0.4, -0.2) is 50.1 Å². The maximum atomic E-state index is 4.31. The highest BCUT2D eigenvalue weighted by Crippen LogP contribution is 2.18. The Labute approximate surface area is 145 Å². The predicted molar refractivity (Wildman–Crippen MR) is 100 cm³/mol. The Morgan fingerprint density at radius 3 is 3.00 bits per heavy atom. The molecule has 0 spiro atoms. The Morgan fingerprint density at radius 1 is 1.48 bits per heavy atom. The van der Waals surface area contributed by atoms with Crippen LogP contribution in [0.15, 0.2) is 17.1 Å². The lowest BCUT2D eigenvalue weighted by Gasteiger charge is -2.23. The molecule has 0 amide bonds. The van der Waals surface area contributed by atoms with E-state index in [-0.39, 0.29) is 0 Å². The molecule has 6 heteroatoms. The number of nitrogens with zero attached hydrogens (tertiary/aromatic N) is 2. The first kappa shape index (κ1) is 17.0. The summed E-state index contributed by atoms with van der Waals surface area (Å²) < 4.78 is 1.35. The number of hydrogen-bond donors (Lipinski definition) is 2. The zero-order valence-corrected chi connectivity index (χ0v) is 15.8. The lowest BCUT2D eigenvalue weighted by molar-refractivity contribution is 0.267. The quantitative estimate of drug-likeness (QED) is 0.422. The summed E-state index contributed by atoms with van der Waals surface area (Å²) in [4.78, 5) is 8.29. The second-order valence-corrected chi connectivity index (χ2v) is 8.32. The first-order valence-electron chi connectivity index (χ1n) is 7.65. The summed E-state index contributed by atoms with van der Waals surface area (Å²) in [6.45, 7) is 6.55. The normalized spacial score (nSPS) is 20.0. The highest BCUT2D eigenvalue weighted by molar-refractivity contribution is 14.1. The van der Waals surface area contributed by atoms with Gasteiger partial charge >= 0.3 is 0 Å². The van der Waals surface area contributed by atoms with Gasteiger partial charge in [0.15, 0.2) is 5.96 Å². The van der Waals surface area contributed by atoms with Crippen LogP contribution in [0.4, 0.5) is 0 Å². The molecule has 1 saturated heterocycles. The number of nitrogens with one attached hydrogen (secondary N) is 2. The van der Waals surface area contributed by atoms with Crippen LogP contribution in [0.2, 0.25) is 0 Å². The van der Waals surface area contributed by atoms with Crippen molar-refractivity contribution in [2.75, 3.05) is 33.2 Å². The Morgan fingerprint density at radius 2 is 2.33 bits per heavy atom. The first-order chi connectivity index (χ1) is 10.2. The van der Waals surface area contributed by atoms with Crippen LogP contribution in [0.25, 0.3) is 0 Å². The molecule has 1 aliphatic heterocycles. The lowest BCUT2D eigenvalue weighted by atomic mass is 10.2. The molecule has 0 aromatic carbocycles. The topological polar surface area (TPSA) is 39.7 Å². The van der Waals surface area contributed by atoms with E-state index in [0.717, 1.165) is 32.0 Å². The summed E-state index contributed by atoms with van der Waals surface area (Å²) in [5, 5.41) is 6.87. The van der Waals surface area contributed by atoms with Crippen LogP contribution in [0, 0.1) is 2.88 Å². The number of halogens is 1. The number of aliphatic imine (C=N–C) groups is 1. The van der Waals surface area contributed by atoms with Gasteiger partial charge in [-0.1, -0.05) is 6.92 Å². The van der Waals surface area contributed by atoms with Gasteiger partial charge in [0.2, 0.25) is 0 Å². The monoisotopic (exact) mass is 420 g/mol. The molecule has 21 heavy (non-hydrogen) atoms. The minimum absolute atomic E-state index is 0.660. The van der Waals surface area contributed by atoms with Gasteiger partial charge in [-0.3, -0.25) is 9.89 Å². The van der Waals surface area contributed by atoms with Gasteiger partial charge in [0.25, 0.3) is 0 Å². The van der Waals surface area contributed by atoms with Crippen molar-refractivity contribution in [2.45, 2.75) is 32.2 Å². The van der Waals surface area contributed by atoms with E-state index in [1.54, 1.807) is 0 Å². The fourth-order valence-electron chi connectivity index (χ4n) is 2.77. The first-order valence-corrected chi connectivity index (χ1v) is 9.55. The van der Waals surface area contributed by atoms with Gasteiger partial charge in [0.05, 0.1) is 2.88 Å². The molecule has 2 heterocycles. The molecule has 0 aliphatic carbocycles. The van der Waals surface area contributed by atoms with Crippen molar-refractivity contribution in [3.63, 3.8) is 0 Å². The van der Waals surface area contributed by atoms with E-state index in [4.69, 9.17) is 0 Å². The van der Waals surface area contributed by atoms with Crippen molar-refractivity contribution >= 4 is 39.9 Å². The maximum Gasteiger partial charge on any atom is 0.191 e. The third kappa shape index (κ3) is 5.41. The molecule has 0 saturated carbocycles. The third-order valence-electron chi connectivity index (χ3n) is 3.93. The van der Waals surface area contributed by atoms with E-state index in [9.17, 15) is 0 Å². The van der Waals surface area contributed by atoms with E-state index in [1.165, 1.54) is 27.1 Å². The van der Waals surface area contributed by atoms with E-state index < -0.39 is 0 Å². The summed E-state index contributed by atoms with van der Waals surface area (Å²) in [5.74, 6) is 0.921. The minimum atomic E-state index is 0.660. The van der Waals surface area contributed by atoms with Crippen LogP contribution in [0.3, 0.4) is 0 Å². The molecule has 118 valence electrons. The SMILES string of the molecule is CCN1CCCC1CNC(=NC)NCCc1ccc(I)s1. The van der Waals surface area contributed by atoms with Crippen LogP contribution < -0.4 is 10.6 Å². The second kappa shape index (κ2) is 8.95. The largest absolute Gasteiger partial charge is 0.356 e. The van der Waals surface area contributed by atoms with Crippen molar-refractivity contribution < 1.29 is 0 Å². The van der Waals surface area contributed by atoms with Gasteiger partial charge in [-0.25, -0.2) is 0 Å². The Kier molecular flexibility index (Phi) is 7.25. The molecule has 1 aromatic rings. The molecular formula is C15H25IN4S. The van der Waals surface area contributed by atoms with Crippen molar-refractivity contribution in [2.24, 2.45) is 4.99 Å². The molecule has 1 fully saturated rings. The van der Waals surface area contributed by atoms with Gasteiger partial charge in [0.1, 0.15) is 0 Å². The molecule has 1 unspecified atom stereocenters. The summed E-state index contributed by atoms with van der Waals surface area (Å²) in [6, 6.07) is 5.04. The van der Waals surface area contributed by atoms with Crippen molar-refractivity contribution in [1.29, 1.82) is 0 Å². The number of hydrogen-bond acceptors (Lipinski definition) is 3. The van der Waals surface area contributed by atoms with Gasteiger partial charge in [-0.2, -0.15) is 0 Å². The van der Waals surface area contributed by atoms with Gasteiger partial charge in [-0.15, -0.1) is 11.3 Å². The predicted octanol–water partition coefficient (Wildman–Crippen LogP) is 2.54. The summed E-state index contributed by atoms with van der Waals surface area (Å²) in [7, 11) is 1.84. The van der Waals surface area contributed by atoms with E-state index in [1.807, 2.05) is 18.4 Å². The lowest BCUT2D eigenvalue weighted by Crippen LogP contribution is -2.45. The van der Waals surface area contributed by atoms with Crippen LogP contribution >= 0.6 is 33.9 Å². The van der Waals surface area contributed by atoms with Crippen molar-refractivity contribution in [3.05, 3.63) is 19.9 Å². The zero-order chi connectivity index (χ0) is 15.1. The third-order valence-corrected chi connectivity index (χ3v) is 5.88.